The molecule has 0 amide bonds. The third-order valence-electron chi connectivity index (χ3n) is 4.75. The van der Waals surface area contributed by atoms with Crippen LogP contribution in [0.5, 0.6) is 0 Å². The lowest BCUT2D eigenvalue weighted by molar-refractivity contribution is -0.183. The van der Waals surface area contributed by atoms with Gasteiger partial charge in [-0.05, 0) is 18.6 Å². The molecule has 6 nitrogen and oxygen atoms in total. The van der Waals surface area contributed by atoms with Crippen LogP contribution in [0, 0.1) is 11.3 Å². The number of nitrogens with zero attached hydrogens (tertiary/aromatic N) is 3. The van der Waals surface area contributed by atoms with E-state index in [1.165, 1.54) is 0 Å². The van der Waals surface area contributed by atoms with Crippen LogP contribution in [0.15, 0.2) is 24.7 Å². The number of carbonyl (C=O) groups excluding carboxylic acids is 1. The monoisotopic (exact) mass is 287 g/mol. The number of fused-ring (bicyclic) bond motifs is 2. The maximum absolute atomic E-state index is 12.4. The summed E-state index contributed by atoms with van der Waals surface area (Å²) in [6.07, 6.45) is 4.38. The zero-order chi connectivity index (χ0) is 14.6. The number of hydrogen-bond donors (Lipinski definition) is 0. The van der Waals surface area contributed by atoms with E-state index in [2.05, 4.69) is 24.0 Å². The number of pyridine rings is 1. The van der Waals surface area contributed by atoms with E-state index in [9.17, 15) is 4.79 Å². The molecule has 1 saturated carbocycles. The standard InChI is InChI=1S/C15H17N3O3/c1-15(2)12-10(5-6-20-12)13(15)21-14(19)9-3-4-11-17-16-8-18(11)7-9/h3-4,7-8,10,12-13H,5-6H2,1-2H3. The first-order valence-corrected chi connectivity index (χ1v) is 7.19. The summed E-state index contributed by atoms with van der Waals surface area (Å²) in [6, 6.07) is 3.48. The molecule has 3 atom stereocenters. The Morgan fingerprint density at radius 2 is 2.33 bits per heavy atom. The van der Waals surface area contributed by atoms with Crippen LogP contribution in [0.3, 0.4) is 0 Å². The van der Waals surface area contributed by atoms with Crippen LogP contribution >= 0.6 is 0 Å². The van der Waals surface area contributed by atoms with Crippen LogP contribution in [0.4, 0.5) is 0 Å². The smallest absolute Gasteiger partial charge is 0.339 e. The Hall–Kier alpha value is -1.95. The summed E-state index contributed by atoms with van der Waals surface area (Å²) in [6.45, 7) is 4.96. The van der Waals surface area contributed by atoms with E-state index in [0.29, 0.717) is 17.1 Å². The predicted molar refractivity (Wildman–Crippen MR) is 73.8 cm³/mol. The van der Waals surface area contributed by atoms with E-state index >= 15 is 0 Å². The SMILES string of the molecule is CC1(C)C2OCCC2C1OC(=O)c1ccc2nncn2c1. The number of rotatable bonds is 2. The maximum Gasteiger partial charge on any atom is 0.339 e. The second-order valence-corrected chi connectivity index (χ2v) is 6.41. The number of carbonyl (C=O) groups is 1. The Bertz CT molecular complexity index is 709. The van der Waals surface area contributed by atoms with Crippen LogP contribution in [0.2, 0.25) is 0 Å². The lowest BCUT2D eigenvalue weighted by Crippen LogP contribution is -2.61. The molecular formula is C15H17N3O3. The van der Waals surface area contributed by atoms with Crippen molar-refractivity contribution in [3.05, 3.63) is 30.2 Å². The fourth-order valence-electron chi connectivity index (χ4n) is 3.65. The normalized spacial score (nSPS) is 29.9. The van der Waals surface area contributed by atoms with E-state index < -0.39 is 0 Å². The summed E-state index contributed by atoms with van der Waals surface area (Å²) in [5.74, 6) is 0.0385. The summed E-state index contributed by atoms with van der Waals surface area (Å²) in [5, 5.41) is 7.72. The average Bonchev–Trinajstić information content (AvgIpc) is 3.11. The highest BCUT2D eigenvalue weighted by atomic mass is 16.6. The fourth-order valence-corrected chi connectivity index (χ4v) is 3.65. The van der Waals surface area contributed by atoms with E-state index in [1.807, 2.05) is 0 Å². The van der Waals surface area contributed by atoms with E-state index in [4.69, 9.17) is 9.47 Å². The molecule has 0 aromatic carbocycles. The van der Waals surface area contributed by atoms with Gasteiger partial charge in [0.25, 0.3) is 0 Å². The second-order valence-electron chi connectivity index (χ2n) is 6.41. The minimum Gasteiger partial charge on any atom is -0.458 e. The maximum atomic E-state index is 12.4. The summed E-state index contributed by atoms with van der Waals surface area (Å²) in [5.41, 5.74) is 1.11. The van der Waals surface area contributed by atoms with Crippen LogP contribution in [-0.4, -0.2) is 39.4 Å². The number of hydrogen-bond acceptors (Lipinski definition) is 5. The summed E-state index contributed by atoms with van der Waals surface area (Å²) < 4.78 is 13.2. The van der Waals surface area contributed by atoms with Crippen LogP contribution in [0.1, 0.15) is 30.6 Å². The molecule has 110 valence electrons. The Morgan fingerprint density at radius 1 is 1.48 bits per heavy atom. The number of aromatic nitrogens is 3. The van der Waals surface area contributed by atoms with Crippen molar-refractivity contribution >= 4 is 11.6 Å². The molecule has 1 aliphatic carbocycles. The van der Waals surface area contributed by atoms with Gasteiger partial charge in [-0.15, -0.1) is 10.2 Å². The van der Waals surface area contributed by atoms with Gasteiger partial charge < -0.3 is 9.47 Å². The highest BCUT2D eigenvalue weighted by Gasteiger charge is 2.61. The van der Waals surface area contributed by atoms with Gasteiger partial charge in [0.05, 0.1) is 11.7 Å². The molecule has 4 rings (SSSR count). The third-order valence-corrected chi connectivity index (χ3v) is 4.75. The molecule has 1 saturated heterocycles. The van der Waals surface area contributed by atoms with Gasteiger partial charge in [-0.2, -0.15) is 0 Å². The topological polar surface area (TPSA) is 65.7 Å². The number of esters is 1. The van der Waals surface area contributed by atoms with Gasteiger partial charge in [-0.25, -0.2) is 4.79 Å². The molecule has 0 bridgehead atoms. The lowest BCUT2D eigenvalue weighted by Gasteiger charge is -2.53. The van der Waals surface area contributed by atoms with Gasteiger partial charge in [0.2, 0.25) is 0 Å². The van der Waals surface area contributed by atoms with Crippen molar-refractivity contribution in [2.75, 3.05) is 6.61 Å². The van der Waals surface area contributed by atoms with Crippen molar-refractivity contribution in [1.82, 2.24) is 14.6 Å². The summed E-state index contributed by atoms with van der Waals surface area (Å²) in [7, 11) is 0. The van der Waals surface area contributed by atoms with Gasteiger partial charge in [-0.1, -0.05) is 13.8 Å². The van der Waals surface area contributed by atoms with Crippen LogP contribution < -0.4 is 0 Å². The van der Waals surface area contributed by atoms with Crippen LogP contribution in [0.25, 0.3) is 5.65 Å². The van der Waals surface area contributed by atoms with Crippen molar-refractivity contribution < 1.29 is 14.3 Å². The van der Waals surface area contributed by atoms with Gasteiger partial charge in [-0.3, -0.25) is 4.40 Å². The van der Waals surface area contributed by atoms with Gasteiger partial charge in [0, 0.05) is 24.1 Å². The van der Waals surface area contributed by atoms with Crippen molar-refractivity contribution in [1.29, 1.82) is 0 Å². The number of ether oxygens (including phenoxy) is 2. The van der Waals surface area contributed by atoms with Gasteiger partial charge in [0.15, 0.2) is 5.65 Å². The Kier molecular flexibility index (Phi) is 2.60. The predicted octanol–water partition coefficient (Wildman–Crippen LogP) is 1.70. The van der Waals surface area contributed by atoms with Crippen molar-refractivity contribution in [3.63, 3.8) is 0 Å². The lowest BCUT2D eigenvalue weighted by atomic mass is 9.59. The van der Waals surface area contributed by atoms with E-state index in [1.54, 1.807) is 29.1 Å². The zero-order valence-electron chi connectivity index (χ0n) is 12.0. The molecule has 3 heterocycles. The molecule has 6 heteroatoms. The van der Waals surface area contributed by atoms with Crippen molar-refractivity contribution in [2.24, 2.45) is 11.3 Å². The van der Waals surface area contributed by atoms with Gasteiger partial charge in [0.1, 0.15) is 12.4 Å². The largest absolute Gasteiger partial charge is 0.458 e. The molecule has 2 aliphatic rings. The molecular weight excluding hydrogens is 270 g/mol. The first-order chi connectivity index (χ1) is 10.1. The average molecular weight is 287 g/mol. The van der Waals surface area contributed by atoms with E-state index in [0.717, 1.165) is 13.0 Å². The second kappa shape index (κ2) is 4.27. The van der Waals surface area contributed by atoms with Crippen molar-refractivity contribution in [3.8, 4) is 0 Å². The summed E-state index contributed by atoms with van der Waals surface area (Å²) in [4.78, 5) is 12.4. The third kappa shape index (κ3) is 1.78. The molecule has 2 fully saturated rings. The first-order valence-electron chi connectivity index (χ1n) is 7.19. The first kappa shape index (κ1) is 12.8. The van der Waals surface area contributed by atoms with Crippen molar-refractivity contribution in [2.45, 2.75) is 32.5 Å². The van der Waals surface area contributed by atoms with E-state index in [-0.39, 0.29) is 23.6 Å². The minimum absolute atomic E-state index is 0.0749. The summed E-state index contributed by atoms with van der Waals surface area (Å²) >= 11 is 0. The zero-order valence-corrected chi connectivity index (χ0v) is 12.0. The highest BCUT2D eigenvalue weighted by molar-refractivity contribution is 5.89. The molecule has 21 heavy (non-hydrogen) atoms. The molecule has 1 aliphatic heterocycles. The fraction of sp³-hybridized carbons (Fsp3) is 0.533. The minimum atomic E-state index is -0.297. The molecule has 2 aromatic heterocycles. The molecule has 2 aromatic rings. The Labute approximate surface area is 122 Å². The Balaban J connectivity index is 1.55. The van der Waals surface area contributed by atoms with Crippen LogP contribution in [-0.2, 0) is 9.47 Å². The molecule has 0 spiro atoms. The quantitative estimate of drug-likeness (QED) is 0.787. The highest BCUT2D eigenvalue weighted by Crippen LogP contribution is 2.53. The van der Waals surface area contributed by atoms with Gasteiger partial charge >= 0.3 is 5.97 Å². The molecule has 0 N–H and O–H groups in total. The molecule has 0 radical (unpaired) electrons. The Morgan fingerprint density at radius 3 is 3.19 bits per heavy atom. The molecule has 3 unspecified atom stereocenters.